The van der Waals surface area contributed by atoms with Crippen LogP contribution in [0.3, 0.4) is 0 Å². The van der Waals surface area contributed by atoms with E-state index in [0.717, 1.165) is 38.1 Å². The zero-order chi connectivity index (χ0) is 9.97. The Balaban J connectivity index is 1.89. The van der Waals surface area contributed by atoms with E-state index in [1.54, 1.807) is 0 Å². The van der Waals surface area contributed by atoms with Gasteiger partial charge >= 0.3 is 0 Å². The van der Waals surface area contributed by atoms with Crippen molar-refractivity contribution < 1.29 is 4.79 Å². The molecule has 0 aliphatic carbocycles. The number of hydrogen-bond donors (Lipinski definition) is 0. The Labute approximate surface area is 94.4 Å². The van der Waals surface area contributed by atoms with Gasteiger partial charge in [0.05, 0.1) is 10.6 Å². The number of rotatable bonds is 1. The summed E-state index contributed by atoms with van der Waals surface area (Å²) in [4.78, 5) is 14.0. The lowest BCUT2D eigenvalue weighted by Crippen LogP contribution is -2.44. The quantitative estimate of drug-likeness (QED) is 0.647. The van der Waals surface area contributed by atoms with Crippen molar-refractivity contribution in [2.45, 2.75) is 36.3 Å². The summed E-state index contributed by atoms with van der Waals surface area (Å²) in [6.07, 6.45) is 4.38. The predicted octanol–water partition coefficient (Wildman–Crippen LogP) is 2.11. The number of piperidine rings is 1. The summed E-state index contributed by atoms with van der Waals surface area (Å²) in [5.74, 6) is 1.48. The summed E-state index contributed by atoms with van der Waals surface area (Å²) in [5.41, 5.74) is 0. The van der Waals surface area contributed by atoms with Gasteiger partial charge in [0.2, 0.25) is 5.91 Å². The molecular weight excluding hydrogens is 218 g/mol. The van der Waals surface area contributed by atoms with E-state index >= 15 is 0 Å². The third kappa shape index (κ3) is 2.37. The summed E-state index contributed by atoms with van der Waals surface area (Å²) >= 11 is 7.87. The number of hydrogen-bond acceptors (Lipinski definition) is 2. The van der Waals surface area contributed by atoms with Crippen molar-refractivity contribution >= 4 is 29.3 Å². The molecule has 2 unspecified atom stereocenters. The van der Waals surface area contributed by atoms with Crippen molar-refractivity contribution in [3.63, 3.8) is 0 Å². The van der Waals surface area contributed by atoms with Crippen LogP contribution in [0.1, 0.15) is 25.7 Å². The topological polar surface area (TPSA) is 20.3 Å². The molecule has 0 bridgehead atoms. The fourth-order valence-corrected chi connectivity index (χ4v) is 3.67. The molecule has 0 radical (unpaired) electrons. The van der Waals surface area contributed by atoms with Crippen molar-refractivity contribution in [2.24, 2.45) is 0 Å². The first-order chi connectivity index (χ1) is 6.77. The van der Waals surface area contributed by atoms with Crippen molar-refractivity contribution in [1.82, 2.24) is 4.90 Å². The molecule has 0 aromatic rings. The molecule has 2 saturated heterocycles. The van der Waals surface area contributed by atoms with Crippen LogP contribution >= 0.6 is 23.4 Å². The van der Waals surface area contributed by atoms with Crippen LogP contribution in [0.15, 0.2) is 0 Å². The van der Waals surface area contributed by atoms with Crippen molar-refractivity contribution in [1.29, 1.82) is 0 Å². The summed E-state index contributed by atoms with van der Waals surface area (Å²) in [7, 11) is 0. The number of nitrogens with zero attached hydrogens (tertiary/aromatic N) is 1. The number of halogens is 1. The maximum absolute atomic E-state index is 12.0. The summed E-state index contributed by atoms with van der Waals surface area (Å²) in [6, 6.07) is 0. The predicted molar refractivity (Wildman–Crippen MR) is 60.9 cm³/mol. The summed E-state index contributed by atoms with van der Waals surface area (Å²) in [5, 5.41) is 0.413. The minimum atomic E-state index is 0.180. The van der Waals surface area contributed by atoms with E-state index in [1.807, 2.05) is 16.7 Å². The Morgan fingerprint density at radius 2 is 2.21 bits per heavy atom. The molecule has 2 atom stereocenters. The lowest BCUT2D eigenvalue weighted by Gasteiger charge is -2.31. The highest BCUT2D eigenvalue weighted by molar-refractivity contribution is 8.00. The van der Waals surface area contributed by atoms with Crippen LogP contribution < -0.4 is 0 Å². The average Bonchev–Trinajstić information content (AvgIpc) is 2.69. The number of amides is 1. The Hall–Kier alpha value is 0.110. The van der Waals surface area contributed by atoms with E-state index in [1.165, 1.54) is 6.42 Å². The number of carbonyl (C=O) groups is 1. The SMILES string of the molecule is O=C(C1CCCS1)N1CCCC(Cl)C1. The molecular formula is C10H16ClNOS. The molecule has 0 spiro atoms. The molecule has 4 heteroatoms. The van der Waals surface area contributed by atoms with Gasteiger partial charge in [-0.1, -0.05) is 0 Å². The monoisotopic (exact) mass is 233 g/mol. The number of likely N-dealkylation sites (tertiary alicyclic amines) is 1. The highest BCUT2D eigenvalue weighted by Gasteiger charge is 2.30. The van der Waals surface area contributed by atoms with Crippen LogP contribution in [0.4, 0.5) is 0 Å². The van der Waals surface area contributed by atoms with Crippen LogP contribution in [0, 0.1) is 0 Å². The largest absolute Gasteiger partial charge is 0.340 e. The van der Waals surface area contributed by atoms with Gasteiger partial charge in [-0.05, 0) is 31.4 Å². The van der Waals surface area contributed by atoms with Gasteiger partial charge in [-0.15, -0.1) is 23.4 Å². The maximum atomic E-state index is 12.0. The minimum absolute atomic E-state index is 0.180. The molecule has 0 saturated carbocycles. The van der Waals surface area contributed by atoms with E-state index in [-0.39, 0.29) is 10.6 Å². The first kappa shape index (κ1) is 10.6. The molecule has 2 aliphatic rings. The Morgan fingerprint density at radius 3 is 2.86 bits per heavy atom. The second kappa shape index (κ2) is 4.75. The van der Waals surface area contributed by atoms with Crippen molar-refractivity contribution in [3.8, 4) is 0 Å². The van der Waals surface area contributed by atoms with Crippen LogP contribution in [0.5, 0.6) is 0 Å². The summed E-state index contributed by atoms with van der Waals surface area (Å²) < 4.78 is 0. The van der Waals surface area contributed by atoms with Crippen LogP contribution in [-0.2, 0) is 4.79 Å². The van der Waals surface area contributed by atoms with E-state index in [2.05, 4.69) is 0 Å². The maximum Gasteiger partial charge on any atom is 0.235 e. The fraction of sp³-hybridized carbons (Fsp3) is 0.900. The standard InChI is InChI=1S/C10H16ClNOS/c11-8-3-1-5-12(7-8)10(13)9-4-2-6-14-9/h8-9H,1-7H2. The van der Waals surface area contributed by atoms with Gasteiger partial charge in [-0.3, -0.25) is 4.79 Å². The molecule has 2 aliphatic heterocycles. The van der Waals surface area contributed by atoms with Crippen LogP contribution in [0.2, 0.25) is 0 Å². The lowest BCUT2D eigenvalue weighted by atomic mass is 10.1. The Kier molecular flexibility index (Phi) is 3.61. The van der Waals surface area contributed by atoms with E-state index in [9.17, 15) is 4.79 Å². The van der Waals surface area contributed by atoms with E-state index in [0.29, 0.717) is 5.91 Å². The number of thioether (sulfide) groups is 1. The third-order valence-electron chi connectivity index (χ3n) is 2.88. The zero-order valence-electron chi connectivity index (χ0n) is 8.25. The first-order valence-electron chi connectivity index (χ1n) is 5.32. The van der Waals surface area contributed by atoms with Crippen LogP contribution in [0.25, 0.3) is 0 Å². The number of alkyl halides is 1. The van der Waals surface area contributed by atoms with Crippen LogP contribution in [-0.4, -0.2) is 40.3 Å². The molecule has 0 aromatic carbocycles. The molecule has 2 heterocycles. The van der Waals surface area contributed by atoms with E-state index < -0.39 is 0 Å². The summed E-state index contributed by atoms with van der Waals surface area (Å²) in [6.45, 7) is 1.68. The molecule has 80 valence electrons. The normalized spacial score (nSPS) is 33.4. The first-order valence-corrected chi connectivity index (χ1v) is 6.80. The smallest absolute Gasteiger partial charge is 0.235 e. The van der Waals surface area contributed by atoms with Gasteiger partial charge in [-0.25, -0.2) is 0 Å². The van der Waals surface area contributed by atoms with E-state index in [4.69, 9.17) is 11.6 Å². The number of carbonyl (C=O) groups excluding carboxylic acids is 1. The molecule has 0 aromatic heterocycles. The highest BCUT2D eigenvalue weighted by Crippen LogP contribution is 2.29. The molecule has 2 nitrogen and oxygen atoms in total. The molecule has 14 heavy (non-hydrogen) atoms. The third-order valence-corrected chi connectivity index (χ3v) is 4.60. The second-order valence-corrected chi connectivity index (χ2v) is 5.95. The Bertz CT molecular complexity index is 218. The zero-order valence-corrected chi connectivity index (χ0v) is 9.82. The van der Waals surface area contributed by atoms with Gasteiger partial charge in [0.25, 0.3) is 0 Å². The molecule has 0 N–H and O–H groups in total. The van der Waals surface area contributed by atoms with Crippen molar-refractivity contribution in [2.75, 3.05) is 18.8 Å². The Morgan fingerprint density at radius 1 is 1.36 bits per heavy atom. The van der Waals surface area contributed by atoms with Gasteiger partial charge in [0.15, 0.2) is 0 Å². The lowest BCUT2D eigenvalue weighted by molar-refractivity contribution is -0.131. The molecule has 2 rings (SSSR count). The molecule has 1 amide bonds. The molecule has 2 fully saturated rings. The second-order valence-electron chi connectivity index (χ2n) is 4.03. The van der Waals surface area contributed by atoms with Gasteiger partial charge in [-0.2, -0.15) is 0 Å². The van der Waals surface area contributed by atoms with Gasteiger partial charge < -0.3 is 4.90 Å². The average molecular weight is 234 g/mol. The minimum Gasteiger partial charge on any atom is -0.340 e. The van der Waals surface area contributed by atoms with Gasteiger partial charge in [0, 0.05) is 13.1 Å². The van der Waals surface area contributed by atoms with Gasteiger partial charge in [0.1, 0.15) is 0 Å². The van der Waals surface area contributed by atoms with Crippen molar-refractivity contribution in [3.05, 3.63) is 0 Å². The highest BCUT2D eigenvalue weighted by atomic mass is 35.5. The fourth-order valence-electron chi connectivity index (χ4n) is 2.10.